The highest BCUT2D eigenvalue weighted by atomic mass is 15.2. The van der Waals surface area contributed by atoms with Gasteiger partial charge in [0, 0.05) is 49.8 Å². The number of aromatic nitrogens is 2. The number of rotatable bonds is 4. The van der Waals surface area contributed by atoms with Crippen molar-refractivity contribution in [1.82, 2.24) is 9.78 Å². The molecule has 0 spiro atoms. The molecule has 3 rings (SSSR count). The topological polar surface area (TPSA) is 33.1 Å². The molecule has 1 N–H and O–H groups in total. The van der Waals surface area contributed by atoms with Gasteiger partial charge in [-0.05, 0) is 38.0 Å². The molecule has 0 bridgehead atoms. The number of benzene rings is 1. The van der Waals surface area contributed by atoms with Crippen LogP contribution in [0.2, 0.25) is 0 Å². The Hall–Kier alpha value is -1.97. The van der Waals surface area contributed by atoms with Gasteiger partial charge in [-0.3, -0.25) is 4.68 Å². The van der Waals surface area contributed by atoms with Crippen LogP contribution in [-0.2, 0) is 13.6 Å². The first-order valence-corrected chi connectivity index (χ1v) is 7.30. The van der Waals surface area contributed by atoms with Crippen LogP contribution in [0.15, 0.2) is 30.5 Å². The average molecular weight is 270 g/mol. The smallest absolute Gasteiger partial charge is 0.0643 e. The Bertz CT molecular complexity index is 582. The van der Waals surface area contributed by atoms with E-state index >= 15 is 0 Å². The number of nitrogens with zero attached hydrogens (tertiary/aromatic N) is 3. The summed E-state index contributed by atoms with van der Waals surface area (Å²) in [7, 11) is 1.96. The van der Waals surface area contributed by atoms with E-state index in [1.165, 1.54) is 42.9 Å². The second-order valence-corrected chi connectivity index (χ2v) is 5.51. The number of hydrogen-bond donors (Lipinski definition) is 1. The molecule has 0 radical (unpaired) electrons. The molecule has 4 nitrogen and oxygen atoms in total. The van der Waals surface area contributed by atoms with Gasteiger partial charge in [0.25, 0.3) is 0 Å². The second-order valence-electron chi connectivity index (χ2n) is 5.51. The largest absolute Gasteiger partial charge is 0.381 e. The maximum absolute atomic E-state index is 4.37. The molecule has 4 heteroatoms. The molecule has 0 amide bonds. The van der Waals surface area contributed by atoms with Crippen molar-refractivity contribution in [3.8, 4) is 0 Å². The number of hydrogen-bond acceptors (Lipinski definition) is 3. The molecule has 2 heterocycles. The summed E-state index contributed by atoms with van der Waals surface area (Å²) in [6, 6.07) is 8.71. The summed E-state index contributed by atoms with van der Waals surface area (Å²) >= 11 is 0. The van der Waals surface area contributed by atoms with E-state index in [2.05, 4.69) is 52.7 Å². The van der Waals surface area contributed by atoms with E-state index in [4.69, 9.17) is 0 Å². The lowest BCUT2D eigenvalue weighted by Gasteiger charge is -2.18. The van der Waals surface area contributed by atoms with E-state index in [1.54, 1.807) is 0 Å². The predicted molar refractivity (Wildman–Crippen MR) is 83.2 cm³/mol. The zero-order valence-electron chi connectivity index (χ0n) is 12.3. The van der Waals surface area contributed by atoms with E-state index in [0.29, 0.717) is 0 Å². The third kappa shape index (κ3) is 2.79. The second kappa shape index (κ2) is 5.57. The standard InChI is InChI=1S/C16H22N4/c1-13-14(12-19(2)18-13)11-17-15-6-5-7-16(10-15)20-8-3-4-9-20/h5-7,10,12,17H,3-4,8-9,11H2,1-2H3. The number of aryl methyl sites for hydroxylation is 2. The Morgan fingerprint density at radius 3 is 2.75 bits per heavy atom. The van der Waals surface area contributed by atoms with Crippen LogP contribution in [0.3, 0.4) is 0 Å². The lowest BCUT2D eigenvalue weighted by atomic mass is 10.2. The normalized spacial score (nSPS) is 14.8. The molecule has 0 aliphatic carbocycles. The number of anilines is 2. The van der Waals surface area contributed by atoms with Crippen molar-refractivity contribution in [3.05, 3.63) is 41.7 Å². The molecule has 1 aliphatic rings. The van der Waals surface area contributed by atoms with E-state index in [-0.39, 0.29) is 0 Å². The van der Waals surface area contributed by atoms with Gasteiger partial charge >= 0.3 is 0 Å². The Balaban J connectivity index is 1.68. The summed E-state index contributed by atoms with van der Waals surface area (Å²) in [5.41, 5.74) is 4.85. The molecule has 1 aromatic heterocycles. The Morgan fingerprint density at radius 2 is 2.05 bits per heavy atom. The monoisotopic (exact) mass is 270 g/mol. The van der Waals surface area contributed by atoms with E-state index in [0.717, 1.165) is 12.2 Å². The van der Waals surface area contributed by atoms with Crippen molar-refractivity contribution in [2.45, 2.75) is 26.3 Å². The summed E-state index contributed by atoms with van der Waals surface area (Å²) in [5.74, 6) is 0. The summed E-state index contributed by atoms with van der Waals surface area (Å²) in [6.07, 6.45) is 4.70. The summed E-state index contributed by atoms with van der Waals surface area (Å²) in [5, 5.41) is 7.87. The van der Waals surface area contributed by atoms with Crippen molar-refractivity contribution < 1.29 is 0 Å². The highest BCUT2D eigenvalue weighted by Gasteiger charge is 2.12. The van der Waals surface area contributed by atoms with Gasteiger partial charge in [0.05, 0.1) is 5.69 Å². The fraction of sp³-hybridized carbons (Fsp3) is 0.438. The van der Waals surface area contributed by atoms with Crippen LogP contribution in [0, 0.1) is 6.92 Å². The van der Waals surface area contributed by atoms with Crippen molar-refractivity contribution in [1.29, 1.82) is 0 Å². The van der Waals surface area contributed by atoms with Gasteiger partial charge in [0.15, 0.2) is 0 Å². The van der Waals surface area contributed by atoms with Crippen LogP contribution in [0.1, 0.15) is 24.1 Å². The van der Waals surface area contributed by atoms with Gasteiger partial charge in [-0.25, -0.2) is 0 Å². The highest BCUT2D eigenvalue weighted by molar-refractivity contribution is 5.58. The first-order chi connectivity index (χ1) is 9.72. The van der Waals surface area contributed by atoms with Gasteiger partial charge in [-0.15, -0.1) is 0 Å². The molecule has 1 saturated heterocycles. The van der Waals surface area contributed by atoms with Crippen molar-refractivity contribution in [2.75, 3.05) is 23.3 Å². The Kier molecular flexibility index (Phi) is 3.63. The van der Waals surface area contributed by atoms with Crippen LogP contribution in [0.5, 0.6) is 0 Å². The first kappa shape index (κ1) is 13.0. The Labute approximate surface area is 120 Å². The molecule has 1 aliphatic heterocycles. The van der Waals surface area contributed by atoms with Crippen LogP contribution in [-0.4, -0.2) is 22.9 Å². The molecule has 20 heavy (non-hydrogen) atoms. The molecule has 0 saturated carbocycles. The van der Waals surface area contributed by atoms with Crippen LogP contribution in [0.4, 0.5) is 11.4 Å². The van der Waals surface area contributed by atoms with Gasteiger partial charge in [0.2, 0.25) is 0 Å². The fourth-order valence-electron chi connectivity index (χ4n) is 2.81. The van der Waals surface area contributed by atoms with Gasteiger partial charge in [-0.2, -0.15) is 5.10 Å². The first-order valence-electron chi connectivity index (χ1n) is 7.30. The van der Waals surface area contributed by atoms with E-state index in [1.807, 2.05) is 11.7 Å². The third-order valence-electron chi connectivity index (χ3n) is 3.92. The zero-order valence-corrected chi connectivity index (χ0v) is 12.3. The fourth-order valence-corrected chi connectivity index (χ4v) is 2.81. The van der Waals surface area contributed by atoms with Crippen molar-refractivity contribution in [3.63, 3.8) is 0 Å². The van der Waals surface area contributed by atoms with Gasteiger partial charge in [0.1, 0.15) is 0 Å². The lowest BCUT2D eigenvalue weighted by Crippen LogP contribution is -2.17. The molecule has 1 aromatic carbocycles. The molecule has 106 valence electrons. The van der Waals surface area contributed by atoms with Gasteiger partial charge in [-0.1, -0.05) is 6.07 Å². The van der Waals surface area contributed by atoms with Crippen LogP contribution >= 0.6 is 0 Å². The maximum Gasteiger partial charge on any atom is 0.0643 e. The summed E-state index contributed by atoms with van der Waals surface area (Å²) in [6.45, 7) is 5.25. The SMILES string of the molecule is Cc1nn(C)cc1CNc1cccc(N2CCCC2)c1. The zero-order chi connectivity index (χ0) is 13.9. The van der Waals surface area contributed by atoms with E-state index in [9.17, 15) is 0 Å². The molecule has 0 atom stereocenters. The third-order valence-corrected chi connectivity index (χ3v) is 3.92. The molecular formula is C16H22N4. The molecule has 1 fully saturated rings. The summed E-state index contributed by atoms with van der Waals surface area (Å²) < 4.78 is 1.87. The minimum Gasteiger partial charge on any atom is -0.381 e. The van der Waals surface area contributed by atoms with E-state index < -0.39 is 0 Å². The highest BCUT2D eigenvalue weighted by Crippen LogP contribution is 2.23. The summed E-state index contributed by atoms with van der Waals surface area (Å²) in [4.78, 5) is 2.46. The Morgan fingerprint density at radius 1 is 1.25 bits per heavy atom. The van der Waals surface area contributed by atoms with Crippen molar-refractivity contribution >= 4 is 11.4 Å². The quantitative estimate of drug-likeness (QED) is 0.927. The minimum absolute atomic E-state index is 0.823. The number of nitrogens with one attached hydrogen (secondary N) is 1. The van der Waals surface area contributed by atoms with Crippen molar-refractivity contribution in [2.24, 2.45) is 7.05 Å². The minimum atomic E-state index is 0.823. The maximum atomic E-state index is 4.37. The predicted octanol–water partition coefficient (Wildman–Crippen LogP) is 2.94. The lowest BCUT2D eigenvalue weighted by molar-refractivity contribution is 0.756. The van der Waals surface area contributed by atoms with Crippen LogP contribution in [0.25, 0.3) is 0 Å². The van der Waals surface area contributed by atoms with Gasteiger partial charge < -0.3 is 10.2 Å². The molecule has 2 aromatic rings. The van der Waals surface area contributed by atoms with Crippen LogP contribution < -0.4 is 10.2 Å². The molecule has 0 unspecified atom stereocenters. The average Bonchev–Trinajstić information content (AvgIpc) is 3.07. The molecular weight excluding hydrogens is 248 g/mol.